The Kier molecular flexibility index (Phi) is 6.61. The summed E-state index contributed by atoms with van der Waals surface area (Å²) < 4.78 is 0. The van der Waals surface area contributed by atoms with Gasteiger partial charge < -0.3 is 10.6 Å². The zero-order valence-corrected chi connectivity index (χ0v) is 12.3. The molecular weight excluding hydrogens is 298 g/mol. The van der Waals surface area contributed by atoms with Gasteiger partial charge in [-0.25, -0.2) is 0 Å². The van der Waals surface area contributed by atoms with Gasteiger partial charge in [-0.05, 0) is 18.6 Å². The first-order valence-corrected chi connectivity index (χ1v) is 6.83. The van der Waals surface area contributed by atoms with E-state index < -0.39 is 16.5 Å². The standard InChI is InChI=1S/C13H16ClN3O4/c1-2-7-15-11(18)6-8-16-13(19)9-4-3-5-10(14)12(9)17(20)21/h3-5H,2,6-8H2,1H3,(H,15,18)(H,16,19). The van der Waals surface area contributed by atoms with E-state index in [1.807, 2.05) is 6.92 Å². The summed E-state index contributed by atoms with van der Waals surface area (Å²) in [4.78, 5) is 33.5. The van der Waals surface area contributed by atoms with Crippen LogP contribution in [0.1, 0.15) is 30.1 Å². The zero-order chi connectivity index (χ0) is 15.8. The normalized spacial score (nSPS) is 10.0. The number of nitro benzene ring substituents is 1. The van der Waals surface area contributed by atoms with E-state index in [4.69, 9.17) is 11.6 Å². The Balaban J connectivity index is 2.63. The third kappa shape index (κ3) is 5.03. The molecule has 0 aliphatic carbocycles. The highest BCUT2D eigenvalue weighted by Gasteiger charge is 2.23. The van der Waals surface area contributed by atoms with Crippen LogP contribution >= 0.6 is 11.6 Å². The third-order valence-corrected chi connectivity index (χ3v) is 2.93. The molecule has 2 amide bonds. The summed E-state index contributed by atoms with van der Waals surface area (Å²) >= 11 is 5.72. The molecule has 0 bridgehead atoms. The molecule has 2 N–H and O–H groups in total. The number of carbonyl (C=O) groups is 2. The summed E-state index contributed by atoms with van der Waals surface area (Å²) in [5.41, 5.74) is -0.562. The number of nitrogens with one attached hydrogen (secondary N) is 2. The summed E-state index contributed by atoms with van der Waals surface area (Å²) in [7, 11) is 0. The first-order valence-electron chi connectivity index (χ1n) is 6.45. The second kappa shape index (κ2) is 8.21. The average Bonchev–Trinajstić information content (AvgIpc) is 2.44. The van der Waals surface area contributed by atoms with Crippen molar-refractivity contribution in [2.45, 2.75) is 19.8 Å². The van der Waals surface area contributed by atoms with Gasteiger partial charge in [0.15, 0.2) is 0 Å². The molecule has 0 fully saturated rings. The lowest BCUT2D eigenvalue weighted by Crippen LogP contribution is -2.31. The Morgan fingerprint density at radius 3 is 2.62 bits per heavy atom. The fourth-order valence-corrected chi connectivity index (χ4v) is 1.87. The molecule has 8 heteroatoms. The predicted octanol–water partition coefficient (Wildman–Crippen LogP) is 1.89. The van der Waals surface area contributed by atoms with Gasteiger partial charge in [-0.15, -0.1) is 0 Å². The Morgan fingerprint density at radius 1 is 1.29 bits per heavy atom. The highest BCUT2D eigenvalue weighted by molar-refractivity contribution is 6.33. The summed E-state index contributed by atoms with van der Waals surface area (Å²) in [6, 6.07) is 4.11. The van der Waals surface area contributed by atoms with Crippen LogP contribution in [0.3, 0.4) is 0 Å². The lowest BCUT2D eigenvalue weighted by atomic mass is 10.1. The Hall–Kier alpha value is -2.15. The van der Waals surface area contributed by atoms with Gasteiger partial charge in [-0.1, -0.05) is 24.6 Å². The lowest BCUT2D eigenvalue weighted by molar-refractivity contribution is -0.385. The van der Waals surface area contributed by atoms with Gasteiger partial charge in [0.2, 0.25) is 5.91 Å². The van der Waals surface area contributed by atoms with Crippen LogP contribution in [0.25, 0.3) is 0 Å². The van der Waals surface area contributed by atoms with Gasteiger partial charge in [-0.3, -0.25) is 19.7 Å². The molecule has 0 saturated heterocycles. The minimum absolute atomic E-state index is 0.0953. The number of nitrogens with zero attached hydrogens (tertiary/aromatic N) is 1. The van der Waals surface area contributed by atoms with E-state index in [0.29, 0.717) is 6.54 Å². The smallest absolute Gasteiger partial charge is 0.300 e. The van der Waals surface area contributed by atoms with Gasteiger partial charge in [0.25, 0.3) is 5.91 Å². The quantitative estimate of drug-likeness (QED) is 0.593. The summed E-state index contributed by atoms with van der Waals surface area (Å²) in [5.74, 6) is -0.815. The number of hydrogen-bond acceptors (Lipinski definition) is 4. The van der Waals surface area contributed by atoms with Crippen LogP contribution in [0.5, 0.6) is 0 Å². The molecule has 0 spiro atoms. The molecule has 0 aromatic heterocycles. The molecule has 0 saturated carbocycles. The van der Waals surface area contributed by atoms with Crippen molar-refractivity contribution in [1.82, 2.24) is 10.6 Å². The minimum atomic E-state index is -0.703. The van der Waals surface area contributed by atoms with E-state index in [0.717, 1.165) is 6.42 Å². The van der Waals surface area contributed by atoms with E-state index in [-0.39, 0.29) is 29.5 Å². The number of para-hydroxylation sites is 1. The average molecular weight is 314 g/mol. The number of benzene rings is 1. The number of rotatable bonds is 7. The summed E-state index contributed by atoms with van der Waals surface area (Å²) in [5, 5.41) is 16.0. The Bertz CT molecular complexity index is 548. The molecule has 0 aliphatic rings. The maximum absolute atomic E-state index is 11.9. The highest BCUT2D eigenvalue weighted by atomic mass is 35.5. The maximum atomic E-state index is 11.9. The van der Waals surface area contributed by atoms with E-state index in [1.165, 1.54) is 18.2 Å². The molecule has 0 aliphatic heterocycles. The van der Waals surface area contributed by atoms with Crippen molar-refractivity contribution < 1.29 is 14.5 Å². The molecule has 7 nitrogen and oxygen atoms in total. The summed E-state index contributed by atoms with van der Waals surface area (Å²) in [6.45, 7) is 2.60. The third-order valence-electron chi connectivity index (χ3n) is 2.62. The fourth-order valence-electron chi connectivity index (χ4n) is 1.62. The SMILES string of the molecule is CCCNC(=O)CCNC(=O)c1cccc(Cl)c1[N+](=O)[O-]. The van der Waals surface area contributed by atoms with Crippen molar-refractivity contribution in [3.05, 3.63) is 38.9 Å². The van der Waals surface area contributed by atoms with Gasteiger partial charge in [0.1, 0.15) is 10.6 Å². The largest absolute Gasteiger partial charge is 0.356 e. The first-order chi connectivity index (χ1) is 9.97. The van der Waals surface area contributed by atoms with Crippen molar-refractivity contribution in [2.75, 3.05) is 13.1 Å². The van der Waals surface area contributed by atoms with Crippen LogP contribution in [0.15, 0.2) is 18.2 Å². The molecule has 1 rings (SSSR count). The molecule has 21 heavy (non-hydrogen) atoms. The lowest BCUT2D eigenvalue weighted by Gasteiger charge is -2.07. The molecular formula is C13H16ClN3O4. The number of hydrogen-bond donors (Lipinski definition) is 2. The minimum Gasteiger partial charge on any atom is -0.356 e. The van der Waals surface area contributed by atoms with E-state index in [2.05, 4.69) is 10.6 Å². The molecule has 1 aromatic carbocycles. The van der Waals surface area contributed by atoms with Crippen LogP contribution in [-0.2, 0) is 4.79 Å². The molecule has 0 unspecified atom stereocenters. The van der Waals surface area contributed by atoms with Crippen molar-refractivity contribution in [1.29, 1.82) is 0 Å². The number of amides is 2. The van der Waals surface area contributed by atoms with Crippen LogP contribution in [-0.4, -0.2) is 29.8 Å². The predicted molar refractivity (Wildman–Crippen MR) is 78.4 cm³/mol. The van der Waals surface area contributed by atoms with Crippen molar-refractivity contribution >= 4 is 29.1 Å². The molecule has 1 aromatic rings. The highest BCUT2D eigenvalue weighted by Crippen LogP contribution is 2.27. The van der Waals surface area contributed by atoms with Crippen LogP contribution in [0.2, 0.25) is 5.02 Å². The monoisotopic (exact) mass is 313 g/mol. The van der Waals surface area contributed by atoms with Gasteiger partial charge in [-0.2, -0.15) is 0 Å². The summed E-state index contributed by atoms with van der Waals surface area (Å²) in [6.07, 6.45) is 0.937. The van der Waals surface area contributed by atoms with Crippen LogP contribution in [0.4, 0.5) is 5.69 Å². The second-order valence-corrected chi connectivity index (χ2v) is 4.66. The Morgan fingerprint density at radius 2 is 2.00 bits per heavy atom. The van der Waals surface area contributed by atoms with Crippen molar-refractivity contribution in [3.63, 3.8) is 0 Å². The second-order valence-electron chi connectivity index (χ2n) is 4.25. The van der Waals surface area contributed by atoms with Crippen molar-refractivity contribution in [3.8, 4) is 0 Å². The molecule has 0 radical (unpaired) electrons. The topological polar surface area (TPSA) is 101 Å². The molecule has 114 valence electrons. The molecule has 0 atom stereocenters. The fraction of sp³-hybridized carbons (Fsp3) is 0.385. The molecule has 0 heterocycles. The van der Waals surface area contributed by atoms with Gasteiger partial charge >= 0.3 is 5.69 Å². The maximum Gasteiger partial charge on any atom is 0.300 e. The van der Waals surface area contributed by atoms with Gasteiger partial charge in [0.05, 0.1) is 4.92 Å². The zero-order valence-electron chi connectivity index (χ0n) is 11.5. The van der Waals surface area contributed by atoms with Crippen LogP contribution < -0.4 is 10.6 Å². The number of halogens is 1. The number of carbonyl (C=O) groups excluding carboxylic acids is 2. The van der Waals surface area contributed by atoms with E-state index in [9.17, 15) is 19.7 Å². The first kappa shape index (κ1) is 16.9. The Labute approximate surface area is 126 Å². The van der Waals surface area contributed by atoms with E-state index in [1.54, 1.807) is 0 Å². The van der Waals surface area contributed by atoms with Crippen LogP contribution in [0, 0.1) is 10.1 Å². The van der Waals surface area contributed by atoms with Gasteiger partial charge in [0, 0.05) is 19.5 Å². The van der Waals surface area contributed by atoms with Crippen molar-refractivity contribution in [2.24, 2.45) is 0 Å². The van der Waals surface area contributed by atoms with E-state index >= 15 is 0 Å². The number of nitro groups is 1.